The van der Waals surface area contributed by atoms with Gasteiger partial charge in [-0.25, -0.2) is 9.97 Å². The highest BCUT2D eigenvalue weighted by Gasteiger charge is 2.21. The maximum Gasteiger partial charge on any atom is 0.160 e. The van der Waals surface area contributed by atoms with Gasteiger partial charge in [0.1, 0.15) is 0 Å². The summed E-state index contributed by atoms with van der Waals surface area (Å²) in [6, 6.07) is 64.6. The fourth-order valence-corrected chi connectivity index (χ4v) is 7.50. The van der Waals surface area contributed by atoms with E-state index in [4.69, 9.17) is 9.97 Å². The molecule has 0 saturated carbocycles. The van der Waals surface area contributed by atoms with E-state index in [0.29, 0.717) is 0 Å². The molecule has 2 aromatic heterocycles. The van der Waals surface area contributed by atoms with Crippen LogP contribution in [0.3, 0.4) is 0 Å². The fraction of sp³-hybridized carbons (Fsp3) is 0.164. The van der Waals surface area contributed by atoms with Gasteiger partial charge in [-0.2, -0.15) is 0 Å². The van der Waals surface area contributed by atoms with Gasteiger partial charge in [0, 0.05) is 33.2 Å². The van der Waals surface area contributed by atoms with Crippen LogP contribution in [0.15, 0.2) is 182 Å². The molecule has 7 aromatic carbocycles. The van der Waals surface area contributed by atoms with Crippen molar-refractivity contribution in [3.8, 4) is 50.7 Å². The fourth-order valence-electron chi connectivity index (χ4n) is 7.50. The summed E-state index contributed by atoms with van der Waals surface area (Å²) in [5.74, 6) is 0.720. The average Bonchev–Trinajstić information content (AvgIpc) is 3.57. The number of rotatable bonds is 5. The van der Waals surface area contributed by atoms with Crippen molar-refractivity contribution in [3.63, 3.8) is 0 Å². The van der Waals surface area contributed by atoms with E-state index in [1.807, 2.05) is 42.5 Å². The molecule has 0 aliphatic carbocycles. The standard InChI is InChI=1S/C48H43N3.C7H8/c1-47(2,3)37-22-26-44-40(29-37)41-30-38(48(4,5)6)23-27-45(41)51(44)39-24-20-32(21-25-39)35-18-13-19-36(28-35)43-31-42(33-14-9-7-10-15-33)49-46(50-43)34-16-11-8-12-17-34;1-7-5-3-2-4-6-7/h7-31H,1-6H3;2-6H,1H3. The van der Waals surface area contributed by atoms with Gasteiger partial charge in [-0.15, -0.1) is 0 Å². The van der Waals surface area contributed by atoms with Gasteiger partial charge >= 0.3 is 0 Å². The first-order valence-electron chi connectivity index (χ1n) is 20.2. The molecule has 3 nitrogen and oxygen atoms in total. The van der Waals surface area contributed by atoms with Crippen molar-refractivity contribution in [2.75, 3.05) is 0 Å². The molecule has 0 aliphatic heterocycles. The topological polar surface area (TPSA) is 30.7 Å². The largest absolute Gasteiger partial charge is 0.309 e. The monoisotopic (exact) mass is 753 g/mol. The number of hydrogen-bond acceptors (Lipinski definition) is 2. The third-order valence-corrected chi connectivity index (χ3v) is 10.9. The van der Waals surface area contributed by atoms with Crippen molar-refractivity contribution in [3.05, 3.63) is 199 Å². The van der Waals surface area contributed by atoms with E-state index in [0.717, 1.165) is 50.7 Å². The smallest absolute Gasteiger partial charge is 0.160 e. The molecule has 58 heavy (non-hydrogen) atoms. The Bertz CT molecular complexity index is 2690. The summed E-state index contributed by atoms with van der Waals surface area (Å²) in [6.07, 6.45) is 0. The van der Waals surface area contributed by atoms with Crippen LogP contribution in [-0.2, 0) is 10.8 Å². The van der Waals surface area contributed by atoms with Crippen LogP contribution in [0, 0.1) is 6.92 Å². The van der Waals surface area contributed by atoms with E-state index in [9.17, 15) is 0 Å². The molecule has 2 heterocycles. The Hall–Kier alpha value is -6.58. The van der Waals surface area contributed by atoms with Gasteiger partial charge in [-0.1, -0.05) is 181 Å². The SMILES string of the molecule is CC(C)(C)c1ccc2c(c1)c1cc(C(C)(C)C)ccc1n2-c1ccc(-c2cccc(-c3cc(-c4ccccc4)nc(-c4ccccc4)n3)c2)cc1.Cc1ccccc1. The van der Waals surface area contributed by atoms with Crippen molar-refractivity contribution in [2.24, 2.45) is 0 Å². The molecule has 0 spiro atoms. The second kappa shape index (κ2) is 15.8. The average molecular weight is 754 g/mol. The van der Waals surface area contributed by atoms with E-state index in [1.54, 1.807) is 0 Å². The maximum absolute atomic E-state index is 5.07. The molecule has 3 heteroatoms. The zero-order valence-corrected chi connectivity index (χ0v) is 34.7. The van der Waals surface area contributed by atoms with Crippen LogP contribution in [0.2, 0.25) is 0 Å². The molecule has 0 fully saturated rings. The minimum Gasteiger partial charge on any atom is -0.309 e. The summed E-state index contributed by atoms with van der Waals surface area (Å²) < 4.78 is 2.42. The first-order chi connectivity index (χ1) is 27.9. The first kappa shape index (κ1) is 38.3. The summed E-state index contributed by atoms with van der Waals surface area (Å²) in [5.41, 5.74) is 15.0. The van der Waals surface area contributed by atoms with Crippen molar-refractivity contribution in [2.45, 2.75) is 59.3 Å². The normalized spacial score (nSPS) is 11.7. The Kier molecular flexibility index (Phi) is 10.4. The van der Waals surface area contributed by atoms with Gasteiger partial charge in [-0.05, 0) is 88.5 Å². The minimum absolute atomic E-state index is 0.0679. The molecular formula is C55H51N3. The molecule has 0 amide bonds. The highest BCUT2D eigenvalue weighted by Crippen LogP contribution is 2.38. The van der Waals surface area contributed by atoms with E-state index in [2.05, 4.69) is 193 Å². The summed E-state index contributed by atoms with van der Waals surface area (Å²) in [4.78, 5) is 10.0. The summed E-state index contributed by atoms with van der Waals surface area (Å²) >= 11 is 0. The van der Waals surface area contributed by atoms with E-state index >= 15 is 0 Å². The molecule has 0 unspecified atom stereocenters. The van der Waals surface area contributed by atoms with Gasteiger partial charge in [0.05, 0.1) is 22.4 Å². The van der Waals surface area contributed by atoms with Crippen molar-refractivity contribution in [1.82, 2.24) is 14.5 Å². The Labute approximate surface area is 343 Å². The molecule has 0 N–H and O–H groups in total. The Morgan fingerprint density at radius 1 is 0.379 bits per heavy atom. The predicted molar refractivity (Wildman–Crippen MR) is 247 cm³/mol. The van der Waals surface area contributed by atoms with Crippen LogP contribution in [-0.4, -0.2) is 14.5 Å². The molecular weight excluding hydrogens is 703 g/mol. The number of benzene rings is 7. The Balaban J connectivity index is 0.000000608. The van der Waals surface area contributed by atoms with Gasteiger partial charge in [0.15, 0.2) is 5.82 Å². The van der Waals surface area contributed by atoms with Gasteiger partial charge in [0.2, 0.25) is 0 Å². The van der Waals surface area contributed by atoms with Crippen LogP contribution in [0.5, 0.6) is 0 Å². The number of fused-ring (bicyclic) bond motifs is 3. The van der Waals surface area contributed by atoms with Crippen LogP contribution in [0.4, 0.5) is 0 Å². The molecule has 0 radical (unpaired) electrons. The molecule has 0 saturated heterocycles. The van der Waals surface area contributed by atoms with Gasteiger partial charge in [-0.3, -0.25) is 0 Å². The highest BCUT2D eigenvalue weighted by atomic mass is 15.0. The second-order valence-electron chi connectivity index (χ2n) is 17.3. The van der Waals surface area contributed by atoms with E-state index in [1.165, 1.54) is 38.5 Å². The zero-order chi connectivity index (χ0) is 40.4. The lowest BCUT2D eigenvalue weighted by Crippen LogP contribution is -2.10. The summed E-state index contributed by atoms with van der Waals surface area (Å²) in [6.45, 7) is 15.8. The lowest BCUT2D eigenvalue weighted by atomic mass is 9.85. The number of aryl methyl sites for hydroxylation is 1. The number of hydrogen-bond donors (Lipinski definition) is 0. The molecule has 286 valence electrons. The quantitative estimate of drug-likeness (QED) is 0.175. The number of nitrogens with zero attached hydrogens (tertiary/aromatic N) is 3. The highest BCUT2D eigenvalue weighted by molar-refractivity contribution is 6.10. The van der Waals surface area contributed by atoms with Crippen molar-refractivity contribution >= 4 is 21.8 Å². The van der Waals surface area contributed by atoms with Crippen LogP contribution < -0.4 is 0 Å². The van der Waals surface area contributed by atoms with Gasteiger partial charge in [0.25, 0.3) is 0 Å². The molecule has 0 aliphatic rings. The summed E-state index contributed by atoms with van der Waals surface area (Å²) in [5, 5.41) is 2.60. The van der Waals surface area contributed by atoms with E-state index in [-0.39, 0.29) is 10.8 Å². The third kappa shape index (κ3) is 8.12. The summed E-state index contributed by atoms with van der Waals surface area (Å²) in [7, 11) is 0. The van der Waals surface area contributed by atoms with Crippen LogP contribution in [0.25, 0.3) is 72.5 Å². The minimum atomic E-state index is 0.0679. The molecule has 0 atom stereocenters. The van der Waals surface area contributed by atoms with Crippen LogP contribution in [0.1, 0.15) is 58.2 Å². The lowest BCUT2D eigenvalue weighted by Gasteiger charge is -2.19. The Morgan fingerprint density at radius 2 is 0.845 bits per heavy atom. The Morgan fingerprint density at radius 3 is 1.34 bits per heavy atom. The lowest BCUT2D eigenvalue weighted by molar-refractivity contribution is 0.590. The van der Waals surface area contributed by atoms with E-state index < -0.39 is 0 Å². The zero-order valence-electron chi connectivity index (χ0n) is 34.7. The maximum atomic E-state index is 5.07. The predicted octanol–water partition coefficient (Wildman–Crippen LogP) is 14.8. The van der Waals surface area contributed by atoms with Crippen molar-refractivity contribution < 1.29 is 0 Å². The first-order valence-corrected chi connectivity index (χ1v) is 20.2. The molecule has 9 aromatic rings. The van der Waals surface area contributed by atoms with Crippen LogP contribution >= 0.6 is 0 Å². The second-order valence-corrected chi connectivity index (χ2v) is 17.3. The molecule has 9 rings (SSSR count). The number of aromatic nitrogens is 3. The molecule has 0 bridgehead atoms. The third-order valence-electron chi connectivity index (χ3n) is 10.9. The van der Waals surface area contributed by atoms with Gasteiger partial charge < -0.3 is 4.57 Å². The van der Waals surface area contributed by atoms with Crippen molar-refractivity contribution in [1.29, 1.82) is 0 Å².